The number of aliphatic hydroxyl groups excluding tert-OH is 1. The second-order valence-electron chi connectivity index (χ2n) is 4.01. The summed E-state index contributed by atoms with van der Waals surface area (Å²) >= 11 is 0. The van der Waals surface area contributed by atoms with Gasteiger partial charge < -0.3 is 15.3 Å². The minimum absolute atomic E-state index is 0.204. The number of nitriles is 1. The summed E-state index contributed by atoms with van der Waals surface area (Å²) in [5, 5.41) is 21.4. The maximum Gasteiger partial charge on any atom is 0.0791 e. The van der Waals surface area contributed by atoms with Crippen molar-refractivity contribution in [2.24, 2.45) is 0 Å². The molecular weight excluding hydrogens is 190 g/mol. The highest BCUT2D eigenvalue weighted by molar-refractivity contribution is 4.79. The third-order valence-corrected chi connectivity index (χ3v) is 2.44. The normalized spacial score (nSPS) is 14.9. The maximum absolute atomic E-state index is 9.68. The van der Waals surface area contributed by atoms with E-state index in [2.05, 4.69) is 18.3 Å². The highest BCUT2D eigenvalue weighted by atomic mass is 16.3. The Kier molecular flexibility index (Phi) is 8.30. The van der Waals surface area contributed by atoms with Gasteiger partial charge in [0.05, 0.1) is 18.6 Å². The smallest absolute Gasteiger partial charge is 0.0791 e. The second-order valence-corrected chi connectivity index (χ2v) is 4.01. The molecule has 0 saturated carbocycles. The molecule has 0 aromatic carbocycles. The summed E-state index contributed by atoms with van der Waals surface area (Å²) in [5.41, 5.74) is 0. The molecule has 0 amide bonds. The first-order chi connectivity index (χ1) is 7.11. The van der Waals surface area contributed by atoms with Gasteiger partial charge in [-0.15, -0.1) is 0 Å². The average Bonchev–Trinajstić information content (AvgIpc) is 2.18. The van der Waals surface area contributed by atoms with Crippen LogP contribution in [-0.4, -0.2) is 48.8 Å². The summed E-state index contributed by atoms with van der Waals surface area (Å²) in [4.78, 5) is 2.02. The molecule has 0 heterocycles. The lowest BCUT2D eigenvalue weighted by Crippen LogP contribution is -2.40. The van der Waals surface area contributed by atoms with E-state index in [-0.39, 0.29) is 12.1 Å². The summed E-state index contributed by atoms with van der Waals surface area (Å²) in [6, 6.07) is 2.34. The number of likely N-dealkylation sites (N-methyl/N-ethyl adjacent to an activating group) is 1. The molecule has 0 fully saturated rings. The van der Waals surface area contributed by atoms with Crippen molar-refractivity contribution >= 4 is 0 Å². The zero-order valence-corrected chi connectivity index (χ0v) is 10.0. The molecule has 2 atom stereocenters. The number of hydrogen-bond acceptors (Lipinski definition) is 4. The molecule has 0 aromatic rings. The van der Waals surface area contributed by atoms with Crippen LogP contribution >= 0.6 is 0 Å². The topological polar surface area (TPSA) is 59.3 Å². The van der Waals surface area contributed by atoms with Gasteiger partial charge in [0.25, 0.3) is 0 Å². The van der Waals surface area contributed by atoms with Gasteiger partial charge in [0.1, 0.15) is 0 Å². The van der Waals surface area contributed by atoms with Crippen molar-refractivity contribution in [1.29, 1.82) is 5.26 Å². The lowest BCUT2D eigenvalue weighted by molar-refractivity contribution is 0.108. The van der Waals surface area contributed by atoms with E-state index in [1.807, 2.05) is 18.9 Å². The lowest BCUT2D eigenvalue weighted by atomic mass is 10.2. The lowest BCUT2D eigenvalue weighted by Gasteiger charge is -2.25. The van der Waals surface area contributed by atoms with Crippen LogP contribution < -0.4 is 5.32 Å². The molecule has 2 N–H and O–H groups in total. The highest BCUT2D eigenvalue weighted by Crippen LogP contribution is 2.00. The van der Waals surface area contributed by atoms with Gasteiger partial charge in [0, 0.05) is 19.1 Å². The van der Waals surface area contributed by atoms with Crippen molar-refractivity contribution in [2.45, 2.75) is 38.8 Å². The number of aliphatic hydroxyl groups is 1. The molecule has 0 rings (SSSR count). The highest BCUT2D eigenvalue weighted by Gasteiger charge is 2.12. The van der Waals surface area contributed by atoms with Crippen LogP contribution in [0.2, 0.25) is 0 Å². The molecule has 0 saturated heterocycles. The Morgan fingerprint density at radius 1 is 1.53 bits per heavy atom. The molecule has 0 aromatic heterocycles. The van der Waals surface area contributed by atoms with E-state index in [0.717, 1.165) is 13.0 Å². The van der Waals surface area contributed by atoms with E-state index in [1.54, 1.807) is 0 Å². The Labute approximate surface area is 92.9 Å². The predicted molar refractivity (Wildman–Crippen MR) is 61.5 cm³/mol. The molecular formula is C11H23N3O. The Balaban J connectivity index is 3.66. The van der Waals surface area contributed by atoms with Crippen LogP contribution in [0.4, 0.5) is 0 Å². The first-order valence-electron chi connectivity index (χ1n) is 5.57. The van der Waals surface area contributed by atoms with Crippen LogP contribution in [0.3, 0.4) is 0 Å². The summed E-state index contributed by atoms with van der Waals surface area (Å²) in [6.45, 7) is 6.27. The number of rotatable bonds is 8. The fourth-order valence-corrected chi connectivity index (χ4v) is 1.31. The minimum atomic E-state index is -0.359. The SMILES string of the molecule is CCCNCC(O)CN(C)C(C)CC#N. The molecule has 4 nitrogen and oxygen atoms in total. The number of hydrogen-bond donors (Lipinski definition) is 2. The molecule has 4 heteroatoms. The predicted octanol–water partition coefficient (Wildman–Crippen LogP) is 0.581. The summed E-state index contributed by atoms with van der Waals surface area (Å²) in [7, 11) is 1.94. The summed E-state index contributed by atoms with van der Waals surface area (Å²) in [6.07, 6.45) is 1.22. The van der Waals surface area contributed by atoms with Gasteiger partial charge in [-0.2, -0.15) is 5.26 Å². The Bertz CT molecular complexity index is 191. The van der Waals surface area contributed by atoms with E-state index >= 15 is 0 Å². The molecule has 2 unspecified atom stereocenters. The van der Waals surface area contributed by atoms with Crippen molar-refractivity contribution in [3.63, 3.8) is 0 Å². The van der Waals surface area contributed by atoms with Crippen molar-refractivity contribution in [2.75, 3.05) is 26.7 Å². The zero-order chi connectivity index (χ0) is 11.7. The summed E-state index contributed by atoms with van der Waals surface area (Å²) in [5.74, 6) is 0. The quantitative estimate of drug-likeness (QED) is 0.579. The van der Waals surface area contributed by atoms with Gasteiger partial charge in [-0.1, -0.05) is 6.92 Å². The molecule has 0 aliphatic carbocycles. The molecule has 0 aliphatic heterocycles. The van der Waals surface area contributed by atoms with Crippen molar-refractivity contribution < 1.29 is 5.11 Å². The zero-order valence-electron chi connectivity index (χ0n) is 10.0. The first kappa shape index (κ1) is 14.4. The van der Waals surface area contributed by atoms with Crippen molar-refractivity contribution in [3.05, 3.63) is 0 Å². The molecule has 0 radical (unpaired) electrons. The molecule has 0 spiro atoms. The summed E-state index contributed by atoms with van der Waals surface area (Å²) < 4.78 is 0. The Morgan fingerprint density at radius 2 is 2.20 bits per heavy atom. The van der Waals surface area contributed by atoms with Gasteiger partial charge in [-0.3, -0.25) is 0 Å². The third kappa shape index (κ3) is 7.32. The van der Waals surface area contributed by atoms with E-state index in [4.69, 9.17) is 5.26 Å². The fourth-order valence-electron chi connectivity index (χ4n) is 1.31. The van der Waals surface area contributed by atoms with Gasteiger partial charge >= 0.3 is 0 Å². The number of nitrogens with one attached hydrogen (secondary N) is 1. The molecule has 88 valence electrons. The molecule has 15 heavy (non-hydrogen) atoms. The van der Waals surface area contributed by atoms with Crippen molar-refractivity contribution in [1.82, 2.24) is 10.2 Å². The Morgan fingerprint density at radius 3 is 2.73 bits per heavy atom. The van der Waals surface area contributed by atoms with Crippen LogP contribution in [0.25, 0.3) is 0 Å². The standard InChI is InChI=1S/C11H23N3O/c1-4-7-13-8-11(15)9-14(3)10(2)5-6-12/h10-11,13,15H,4-5,7-9H2,1-3H3. The Hall–Kier alpha value is -0.630. The van der Waals surface area contributed by atoms with Crippen LogP contribution in [0.1, 0.15) is 26.7 Å². The van der Waals surface area contributed by atoms with Crippen LogP contribution in [0.5, 0.6) is 0 Å². The average molecular weight is 213 g/mol. The monoisotopic (exact) mass is 213 g/mol. The second kappa shape index (κ2) is 8.66. The fraction of sp³-hybridized carbons (Fsp3) is 0.909. The van der Waals surface area contributed by atoms with E-state index in [0.29, 0.717) is 19.5 Å². The van der Waals surface area contributed by atoms with Crippen LogP contribution in [0, 0.1) is 11.3 Å². The van der Waals surface area contributed by atoms with Gasteiger partial charge in [-0.25, -0.2) is 0 Å². The third-order valence-electron chi connectivity index (χ3n) is 2.44. The minimum Gasteiger partial charge on any atom is -0.390 e. The van der Waals surface area contributed by atoms with E-state index in [9.17, 15) is 5.11 Å². The van der Waals surface area contributed by atoms with Crippen LogP contribution in [-0.2, 0) is 0 Å². The van der Waals surface area contributed by atoms with Gasteiger partial charge in [0.2, 0.25) is 0 Å². The van der Waals surface area contributed by atoms with E-state index < -0.39 is 0 Å². The molecule has 0 bridgehead atoms. The van der Waals surface area contributed by atoms with E-state index in [1.165, 1.54) is 0 Å². The number of nitrogens with zero attached hydrogens (tertiary/aromatic N) is 2. The first-order valence-corrected chi connectivity index (χ1v) is 5.57. The maximum atomic E-state index is 9.68. The largest absolute Gasteiger partial charge is 0.390 e. The molecule has 0 aliphatic rings. The van der Waals surface area contributed by atoms with Gasteiger partial charge in [0.15, 0.2) is 0 Å². The van der Waals surface area contributed by atoms with Gasteiger partial charge in [-0.05, 0) is 26.9 Å². The van der Waals surface area contributed by atoms with Crippen LogP contribution in [0.15, 0.2) is 0 Å². The van der Waals surface area contributed by atoms with Crippen molar-refractivity contribution in [3.8, 4) is 6.07 Å².